The Morgan fingerprint density at radius 1 is 0.889 bits per heavy atom. The Balaban J connectivity index is 1.27. The van der Waals surface area contributed by atoms with Crippen LogP contribution in [0, 0.1) is 0 Å². The lowest BCUT2D eigenvalue weighted by atomic mass is 9.94. The maximum atomic E-state index is 13.3. The highest BCUT2D eigenvalue weighted by Crippen LogP contribution is 2.36. The number of amides is 2. The van der Waals surface area contributed by atoms with Crippen molar-refractivity contribution in [2.75, 3.05) is 10.7 Å². The zero-order valence-electron chi connectivity index (χ0n) is 18.5. The van der Waals surface area contributed by atoms with Crippen LogP contribution in [0.4, 0.5) is 5.69 Å². The fourth-order valence-corrected chi connectivity index (χ4v) is 6.26. The van der Waals surface area contributed by atoms with Gasteiger partial charge in [0.1, 0.15) is 0 Å². The minimum Gasteiger partial charge on any atom is -0.504 e. The summed E-state index contributed by atoms with van der Waals surface area (Å²) < 4.78 is 1.44. The molecule has 9 heteroatoms. The van der Waals surface area contributed by atoms with E-state index in [4.69, 9.17) is 0 Å². The molecule has 5 aromatic rings. The normalized spacial score (nSPS) is 13.1. The first-order valence-electron chi connectivity index (χ1n) is 10.9. The lowest BCUT2D eigenvalue weighted by molar-refractivity contribution is 0.0892. The number of phenolic OH excluding ortho intramolecular Hbond substituents is 2. The van der Waals surface area contributed by atoms with E-state index < -0.39 is 0 Å². The molecule has 4 aromatic carbocycles. The zero-order chi connectivity index (χ0) is 25.0. The predicted octanol–water partition coefficient (Wildman–Crippen LogP) is 5.64. The number of Topliss-reactive ketones (excluding diaryl/α,β-unsaturated/α-hetero) is 1. The Kier molecular flexibility index (Phi) is 5.24. The highest BCUT2D eigenvalue weighted by atomic mass is 32.2. The number of carbonyl (C=O) groups is 3. The average molecular weight is 513 g/mol. The van der Waals surface area contributed by atoms with E-state index in [-0.39, 0.29) is 34.8 Å². The molecule has 2 amide bonds. The second kappa shape index (κ2) is 8.47. The van der Waals surface area contributed by atoms with Crippen molar-refractivity contribution in [3.63, 3.8) is 0 Å². The smallest absolute Gasteiger partial charge is 0.265 e. The molecular formula is C27H16N2O5S2. The third-order valence-electron chi connectivity index (χ3n) is 6.01. The Morgan fingerprint density at radius 3 is 2.31 bits per heavy atom. The van der Waals surface area contributed by atoms with Gasteiger partial charge in [0.05, 0.1) is 21.7 Å². The SMILES string of the molecule is O=C(CSc1nc2ccc(N3C(=O)c4cccc5cccc(c45)C3=O)cc2s1)c1ccc(O)c(O)c1. The van der Waals surface area contributed by atoms with Crippen molar-refractivity contribution in [2.45, 2.75) is 4.34 Å². The van der Waals surface area contributed by atoms with Gasteiger partial charge >= 0.3 is 0 Å². The Hall–Kier alpha value is -4.21. The van der Waals surface area contributed by atoms with Gasteiger partial charge in [0.15, 0.2) is 21.6 Å². The van der Waals surface area contributed by atoms with Crippen molar-refractivity contribution in [1.82, 2.24) is 4.98 Å². The van der Waals surface area contributed by atoms with Gasteiger partial charge in [-0.2, -0.15) is 0 Å². The summed E-state index contributed by atoms with van der Waals surface area (Å²) in [5, 5.41) is 20.6. The Bertz CT molecular complexity index is 1690. The second-order valence-electron chi connectivity index (χ2n) is 8.20. The molecule has 0 unspecified atom stereocenters. The number of hydrogen-bond acceptors (Lipinski definition) is 8. The quantitative estimate of drug-likeness (QED) is 0.136. The van der Waals surface area contributed by atoms with Crippen molar-refractivity contribution >= 4 is 67.4 Å². The van der Waals surface area contributed by atoms with Crippen molar-refractivity contribution in [3.05, 3.63) is 89.5 Å². The third kappa shape index (κ3) is 3.60. The molecule has 0 radical (unpaired) electrons. The van der Waals surface area contributed by atoms with Gasteiger partial charge < -0.3 is 10.2 Å². The number of hydrogen-bond donors (Lipinski definition) is 2. The summed E-state index contributed by atoms with van der Waals surface area (Å²) in [6.45, 7) is 0. The predicted molar refractivity (Wildman–Crippen MR) is 140 cm³/mol. The molecule has 0 spiro atoms. The lowest BCUT2D eigenvalue weighted by Gasteiger charge is -2.27. The molecule has 1 aliphatic rings. The number of phenols is 2. The second-order valence-corrected chi connectivity index (χ2v) is 10.5. The van der Waals surface area contributed by atoms with Crippen molar-refractivity contribution in [1.29, 1.82) is 0 Å². The highest BCUT2D eigenvalue weighted by Gasteiger charge is 2.34. The summed E-state index contributed by atoms with van der Waals surface area (Å²) >= 11 is 2.62. The molecule has 0 saturated heterocycles. The summed E-state index contributed by atoms with van der Waals surface area (Å²) in [6.07, 6.45) is 0. The number of rotatable bonds is 5. The van der Waals surface area contributed by atoms with Gasteiger partial charge in [-0.1, -0.05) is 36.0 Å². The van der Waals surface area contributed by atoms with Crippen LogP contribution in [0.3, 0.4) is 0 Å². The molecule has 2 N–H and O–H groups in total. The van der Waals surface area contributed by atoms with E-state index in [2.05, 4.69) is 4.98 Å². The summed E-state index contributed by atoms with van der Waals surface area (Å²) in [5.74, 6) is -1.49. The summed E-state index contributed by atoms with van der Waals surface area (Å²) in [5.41, 5.74) is 2.42. The largest absolute Gasteiger partial charge is 0.504 e. The number of thioether (sulfide) groups is 1. The van der Waals surface area contributed by atoms with Crippen LogP contribution in [0.25, 0.3) is 21.0 Å². The number of ketones is 1. The standard InChI is InChI=1S/C27H16N2O5S2/c30-20-10-7-15(11-21(20)31)22(32)13-35-27-28-19-9-8-16(12-23(19)36-27)29-25(33)17-5-1-3-14-4-2-6-18(24(14)17)26(29)34/h1-12,30-31H,13H2. The molecule has 0 aliphatic carbocycles. The Morgan fingerprint density at radius 2 is 1.61 bits per heavy atom. The number of aromatic hydroxyl groups is 2. The highest BCUT2D eigenvalue weighted by molar-refractivity contribution is 8.01. The van der Waals surface area contributed by atoms with Crippen LogP contribution in [-0.2, 0) is 0 Å². The van der Waals surface area contributed by atoms with E-state index in [9.17, 15) is 24.6 Å². The molecule has 1 aromatic heterocycles. The van der Waals surface area contributed by atoms with E-state index in [1.165, 1.54) is 46.2 Å². The molecule has 0 fully saturated rings. The van der Waals surface area contributed by atoms with Gasteiger partial charge in [-0.05, 0) is 53.9 Å². The first kappa shape index (κ1) is 22.3. The minimum absolute atomic E-state index is 0.0980. The number of nitrogens with zero attached hydrogens (tertiary/aromatic N) is 2. The van der Waals surface area contributed by atoms with E-state index in [0.717, 1.165) is 10.1 Å². The molecule has 0 saturated carbocycles. The zero-order valence-corrected chi connectivity index (χ0v) is 20.1. The van der Waals surface area contributed by atoms with E-state index in [1.54, 1.807) is 30.3 Å². The molecule has 36 heavy (non-hydrogen) atoms. The van der Waals surface area contributed by atoms with E-state index in [0.29, 0.717) is 37.6 Å². The monoisotopic (exact) mass is 512 g/mol. The van der Waals surface area contributed by atoms with Crippen molar-refractivity contribution in [3.8, 4) is 11.5 Å². The number of aromatic nitrogens is 1. The summed E-state index contributed by atoms with van der Waals surface area (Å²) in [4.78, 5) is 44.9. The van der Waals surface area contributed by atoms with Crippen LogP contribution in [0.2, 0.25) is 0 Å². The van der Waals surface area contributed by atoms with Crippen LogP contribution in [0.15, 0.2) is 77.1 Å². The molecule has 7 nitrogen and oxygen atoms in total. The number of benzene rings is 4. The van der Waals surface area contributed by atoms with Gasteiger partial charge in [0.25, 0.3) is 11.8 Å². The fraction of sp³-hybridized carbons (Fsp3) is 0.0370. The minimum atomic E-state index is -0.370. The van der Waals surface area contributed by atoms with Crippen LogP contribution < -0.4 is 4.90 Å². The number of imide groups is 1. The Labute approximate surface area is 212 Å². The van der Waals surface area contributed by atoms with E-state index in [1.807, 2.05) is 24.3 Å². The third-order valence-corrected chi connectivity index (χ3v) is 8.17. The first-order chi connectivity index (χ1) is 17.4. The van der Waals surface area contributed by atoms with Crippen LogP contribution in [0.5, 0.6) is 11.5 Å². The number of carbonyl (C=O) groups excluding carboxylic acids is 3. The first-order valence-corrected chi connectivity index (χ1v) is 12.7. The number of thiazole rings is 1. The number of anilines is 1. The van der Waals surface area contributed by atoms with Gasteiger partial charge in [-0.3, -0.25) is 14.4 Å². The van der Waals surface area contributed by atoms with Gasteiger partial charge in [-0.25, -0.2) is 9.88 Å². The van der Waals surface area contributed by atoms with Crippen LogP contribution in [-0.4, -0.2) is 38.5 Å². The lowest BCUT2D eigenvalue weighted by Crippen LogP contribution is -2.40. The van der Waals surface area contributed by atoms with Crippen LogP contribution in [0.1, 0.15) is 31.1 Å². The molecule has 6 rings (SSSR count). The summed E-state index contributed by atoms with van der Waals surface area (Å²) in [7, 11) is 0. The van der Waals surface area contributed by atoms with Crippen molar-refractivity contribution < 1.29 is 24.6 Å². The van der Waals surface area contributed by atoms with E-state index >= 15 is 0 Å². The molecule has 0 bridgehead atoms. The van der Waals surface area contributed by atoms with Gasteiger partial charge in [-0.15, -0.1) is 11.3 Å². The summed E-state index contributed by atoms with van der Waals surface area (Å²) in [6, 6.07) is 20.0. The molecule has 0 atom stereocenters. The molecule has 2 heterocycles. The topological polar surface area (TPSA) is 108 Å². The average Bonchev–Trinajstić information content (AvgIpc) is 3.30. The maximum Gasteiger partial charge on any atom is 0.265 e. The molecule has 1 aliphatic heterocycles. The van der Waals surface area contributed by atoms with Crippen molar-refractivity contribution in [2.24, 2.45) is 0 Å². The number of fused-ring (bicyclic) bond motifs is 1. The maximum absolute atomic E-state index is 13.3. The van der Waals surface area contributed by atoms with Crippen LogP contribution >= 0.6 is 23.1 Å². The van der Waals surface area contributed by atoms with Gasteiger partial charge in [0, 0.05) is 22.1 Å². The fourth-order valence-electron chi connectivity index (χ4n) is 4.27. The molecular weight excluding hydrogens is 496 g/mol. The molecule has 176 valence electrons. The van der Waals surface area contributed by atoms with Gasteiger partial charge in [0.2, 0.25) is 0 Å².